The summed E-state index contributed by atoms with van der Waals surface area (Å²) in [7, 11) is 0. The quantitative estimate of drug-likeness (QED) is 0.703. The minimum atomic E-state index is -1.20. The van der Waals surface area contributed by atoms with Gasteiger partial charge in [0.1, 0.15) is 0 Å². The molecule has 3 aromatic rings. The molecule has 4 nitrogen and oxygen atoms in total. The molecule has 1 aliphatic heterocycles. The Balaban J connectivity index is 1.68. The van der Waals surface area contributed by atoms with Crippen LogP contribution in [-0.4, -0.2) is 27.4 Å². The van der Waals surface area contributed by atoms with Gasteiger partial charge in [-0.15, -0.1) is 0 Å². The summed E-state index contributed by atoms with van der Waals surface area (Å²) in [5.74, 6) is -1.60. The number of carbonyl (C=O) groups excluding carboxylic acids is 1. The molecule has 1 N–H and O–H groups in total. The molecular weight excluding hydrogens is 338 g/mol. The molecule has 1 heterocycles. The van der Waals surface area contributed by atoms with Crippen LogP contribution in [0.15, 0.2) is 72.8 Å². The molecule has 0 aromatic heterocycles. The molecule has 0 radical (unpaired) electrons. The number of aliphatic carboxylic acids is 1. The number of carbonyl (C=O) groups is 2. The normalized spacial score (nSPS) is 21.9. The van der Waals surface area contributed by atoms with Gasteiger partial charge < -0.3 is 10.0 Å². The van der Waals surface area contributed by atoms with Crippen molar-refractivity contribution in [2.45, 2.75) is 25.4 Å². The average Bonchev–Trinajstić information content (AvgIpc) is 2.70. The maximum Gasteiger partial charge on any atom is 0.330 e. The molecular formula is C23H21NO3. The van der Waals surface area contributed by atoms with Crippen LogP contribution in [0.4, 0.5) is 0 Å². The van der Waals surface area contributed by atoms with E-state index in [1.54, 1.807) is 6.92 Å². The summed E-state index contributed by atoms with van der Waals surface area (Å²) in [5.41, 5.74) is 0.653. The van der Waals surface area contributed by atoms with Crippen LogP contribution in [0.1, 0.15) is 18.1 Å². The van der Waals surface area contributed by atoms with Crippen molar-refractivity contribution in [3.8, 4) is 0 Å². The predicted molar refractivity (Wildman–Crippen MR) is 104 cm³/mol. The Morgan fingerprint density at radius 2 is 1.63 bits per heavy atom. The van der Waals surface area contributed by atoms with E-state index in [-0.39, 0.29) is 5.91 Å². The molecule has 0 spiro atoms. The third kappa shape index (κ3) is 2.78. The van der Waals surface area contributed by atoms with E-state index < -0.39 is 17.4 Å². The largest absolute Gasteiger partial charge is 0.479 e. The van der Waals surface area contributed by atoms with Gasteiger partial charge in [0, 0.05) is 13.0 Å². The standard InChI is InChI=1S/C23H21NO3/c1-16-21(25)24(15-18-11-12-19-9-5-6-10-20(19)13-18)23(16,22(26)27)14-17-7-3-2-4-8-17/h2-13,16H,14-15H2,1H3,(H,26,27)/t16-,23+/m1/s1. The van der Waals surface area contributed by atoms with Crippen molar-refractivity contribution in [1.82, 2.24) is 4.90 Å². The minimum absolute atomic E-state index is 0.110. The molecule has 0 unspecified atom stereocenters. The lowest BCUT2D eigenvalue weighted by Crippen LogP contribution is -2.74. The molecule has 1 fully saturated rings. The lowest BCUT2D eigenvalue weighted by atomic mass is 9.70. The van der Waals surface area contributed by atoms with Gasteiger partial charge in [0.05, 0.1) is 5.92 Å². The van der Waals surface area contributed by atoms with Crippen molar-refractivity contribution in [3.63, 3.8) is 0 Å². The van der Waals surface area contributed by atoms with E-state index in [1.807, 2.05) is 72.8 Å². The highest BCUT2D eigenvalue weighted by Gasteiger charge is 2.62. The highest BCUT2D eigenvalue weighted by Crippen LogP contribution is 2.42. The van der Waals surface area contributed by atoms with Gasteiger partial charge in [-0.3, -0.25) is 4.79 Å². The first kappa shape index (κ1) is 17.3. The van der Waals surface area contributed by atoms with E-state index in [1.165, 1.54) is 4.90 Å². The van der Waals surface area contributed by atoms with Crippen LogP contribution >= 0.6 is 0 Å². The summed E-state index contributed by atoms with van der Waals surface area (Å²) >= 11 is 0. The number of carboxylic acids is 1. The van der Waals surface area contributed by atoms with Crippen LogP contribution in [0, 0.1) is 5.92 Å². The molecule has 1 saturated heterocycles. The summed E-state index contributed by atoms with van der Waals surface area (Å²) in [6.07, 6.45) is 0.309. The van der Waals surface area contributed by atoms with E-state index in [9.17, 15) is 14.7 Å². The van der Waals surface area contributed by atoms with Gasteiger partial charge in [0.15, 0.2) is 5.54 Å². The molecule has 4 rings (SSSR count). The fourth-order valence-corrected chi connectivity index (χ4v) is 4.07. The van der Waals surface area contributed by atoms with Gasteiger partial charge in [-0.2, -0.15) is 0 Å². The number of nitrogens with zero attached hydrogens (tertiary/aromatic N) is 1. The Labute approximate surface area is 158 Å². The predicted octanol–water partition coefficient (Wildman–Crippen LogP) is 3.88. The number of likely N-dealkylation sites (tertiary alicyclic amines) is 1. The summed E-state index contributed by atoms with van der Waals surface area (Å²) in [6.45, 7) is 2.02. The summed E-state index contributed by atoms with van der Waals surface area (Å²) in [6, 6.07) is 23.5. The molecule has 136 valence electrons. The third-order valence-electron chi connectivity index (χ3n) is 5.68. The molecule has 0 aliphatic carbocycles. The number of hydrogen-bond acceptors (Lipinski definition) is 2. The fraction of sp³-hybridized carbons (Fsp3) is 0.217. The Morgan fingerprint density at radius 3 is 2.33 bits per heavy atom. The maximum absolute atomic E-state index is 12.6. The zero-order chi connectivity index (χ0) is 19.0. The van der Waals surface area contributed by atoms with Gasteiger partial charge in [-0.1, -0.05) is 73.7 Å². The number of hydrogen-bond donors (Lipinski definition) is 1. The van der Waals surface area contributed by atoms with E-state index in [4.69, 9.17) is 0 Å². The second-order valence-electron chi connectivity index (χ2n) is 7.22. The van der Waals surface area contributed by atoms with Crippen molar-refractivity contribution in [2.24, 2.45) is 5.92 Å². The Kier molecular flexibility index (Phi) is 4.19. The van der Waals surface area contributed by atoms with Crippen LogP contribution in [0.2, 0.25) is 0 Å². The number of benzene rings is 3. The number of fused-ring (bicyclic) bond motifs is 1. The van der Waals surface area contributed by atoms with Crippen LogP contribution < -0.4 is 0 Å². The molecule has 1 amide bonds. The van der Waals surface area contributed by atoms with Gasteiger partial charge in [0.25, 0.3) is 0 Å². The molecule has 3 aromatic carbocycles. The van der Waals surface area contributed by atoms with Crippen LogP contribution in [0.5, 0.6) is 0 Å². The van der Waals surface area contributed by atoms with E-state index in [2.05, 4.69) is 0 Å². The van der Waals surface area contributed by atoms with E-state index in [0.717, 1.165) is 21.9 Å². The molecule has 0 saturated carbocycles. The van der Waals surface area contributed by atoms with Crippen molar-refractivity contribution >= 4 is 22.6 Å². The topological polar surface area (TPSA) is 57.6 Å². The highest BCUT2D eigenvalue weighted by atomic mass is 16.4. The zero-order valence-electron chi connectivity index (χ0n) is 15.1. The summed E-state index contributed by atoms with van der Waals surface area (Å²) in [5, 5.41) is 12.3. The van der Waals surface area contributed by atoms with Gasteiger partial charge in [0.2, 0.25) is 5.91 Å². The first-order valence-corrected chi connectivity index (χ1v) is 9.09. The molecule has 4 heteroatoms. The third-order valence-corrected chi connectivity index (χ3v) is 5.68. The van der Waals surface area contributed by atoms with E-state index in [0.29, 0.717) is 13.0 Å². The van der Waals surface area contributed by atoms with Crippen LogP contribution in [0.3, 0.4) is 0 Å². The number of rotatable bonds is 5. The lowest BCUT2D eigenvalue weighted by molar-refractivity contribution is -0.188. The van der Waals surface area contributed by atoms with Crippen LogP contribution in [-0.2, 0) is 22.6 Å². The Bertz CT molecular complexity index is 1010. The molecule has 2 atom stereocenters. The second-order valence-corrected chi connectivity index (χ2v) is 7.22. The SMILES string of the molecule is C[C@@H]1C(=O)N(Cc2ccc3ccccc3c2)[C@]1(Cc1ccccc1)C(=O)O. The number of carboxylic acid groups (broad SMARTS) is 1. The fourth-order valence-electron chi connectivity index (χ4n) is 4.07. The van der Waals surface area contributed by atoms with Crippen molar-refractivity contribution in [3.05, 3.63) is 83.9 Å². The van der Waals surface area contributed by atoms with Crippen molar-refractivity contribution in [1.29, 1.82) is 0 Å². The Morgan fingerprint density at radius 1 is 0.963 bits per heavy atom. The minimum Gasteiger partial charge on any atom is -0.479 e. The number of β-lactam (4-membered cyclic amide) rings is 1. The number of amides is 1. The van der Waals surface area contributed by atoms with Gasteiger partial charge in [-0.05, 0) is 28.0 Å². The monoisotopic (exact) mass is 359 g/mol. The Hall–Kier alpha value is -3.14. The first-order valence-electron chi connectivity index (χ1n) is 9.09. The molecule has 27 heavy (non-hydrogen) atoms. The molecule has 1 aliphatic rings. The first-order chi connectivity index (χ1) is 13.0. The van der Waals surface area contributed by atoms with Crippen LogP contribution in [0.25, 0.3) is 10.8 Å². The van der Waals surface area contributed by atoms with Gasteiger partial charge >= 0.3 is 5.97 Å². The summed E-state index contributed by atoms with van der Waals surface area (Å²) in [4.78, 5) is 26.4. The average molecular weight is 359 g/mol. The van der Waals surface area contributed by atoms with Crippen molar-refractivity contribution in [2.75, 3.05) is 0 Å². The smallest absolute Gasteiger partial charge is 0.330 e. The second kappa shape index (κ2) is 6.54. The van der Waals surface area contributed by atoms with Crippen molar-refractivity contribution < 1.29 is 14.7 Å². The lowest BCUT2D eigenvalue weighted by Gasteiger charge is -2.54. The molecule has 0 bridgehead atoms. The summed E-state index contributed by atoms with van der Waals surface area (Å²) < 4.78 is 0. The highest BCUT2D eigenvalue weighted by molar-refractivity contribution is 6.00. The zero-order valence-corrected chi connectivity index (χ0v) is 15.1. The maximum atomic E-state index is 12.6. The van der Waals surface area contributed by atoms with Gasteiger partial charge in [-0.25, -0.2) is 4.79 Å². The van der Waals surface area contributed by atoms with E-state index >= 15 is 0 Å².